The molecule has 0 bridgehead atoms. The van der Waals surface area contributed by atoms with E-state index in [0.717, 1.165) is 23.9 Å². The number of thioether (sulfide) groups is 1. The summed E-state index contributed by atoms with van der Waals surface area (Å²) < 4.78 is 0. The summed E-state index contributed by atoms with van der Waals surface area (Å²) in [4.78, 5) is 8.89. The Morgan fingerprint density at radius 2 is 2.29 bits per heavy atom. The Labute approximate surface area is 111 Å². The molecule has 3 nitrogen and oxygen atoms in total. The minimum atomic E-state index is 0.282. The van der Waals surface area contributed by atoms with Gasteiger partial charge in [0.05, 0.1) is 5.01 Å². The molecule has 1 aliphatic rings. The van der Waals surface area contributed by atoms with Crippen molar-refractivity contribution in [3.63, 3.8) is 0 Å². The second-order valence-corrected chi connectivity index (χ2v) is 6.21. The molecule has 2 rings (SSSR count). The fourth-order valence-corrected chi connectivity index (χ4v) is 3.83. The fourth-order valence-electron chi connectivity index (χ4n) is 1.85. The summed E-state index contributed by atoms with van der Waals surface area (Å²) in [6, 6.07) is 0. The van der Waals surface area contributed by atoms with Crippen LogP contribution in [0, 0.1) is 0 Å². The highest BCUT2D eigenvalue weighted by Gasteiger charge is 2.33. The lowest BCUT2D eigenvalue weighted by molar-refractivity contribution is 0.407. The van der Waals surface area contributed by atoms with Crippen LogP contribution in [0.25, 0.3) is 0 Å². The number of nitrogens with one attached hydrogen (secondary N) is 1. The highest BCUT2D eigenvalue weighted by molar-refractivity contribution is 8.14. The van der Waals surface area contributed by atoms with Crippen molar-refractivity contribution in [2.45, 2.75) is 38.6 Å². The van der Waals surface area contributed by atoms with Crippen LogP contribution in [-0.2, 0) is 6.42 Å². The van der Waals surface area contributed by atoms with Crippen LogP contribution in [0.4, 0.5) is 0 Å². The van der Waals surface area contributed by atoms with Gasteiger partial charge in [-0.1, -0.05) is 25.6 Å². The summed E-state index contributed by atoms with van der Waals surface area (Å²) >= 11 is 3.56. The highest BCUT2D eigenvalue weighted by Crippen LogP contribution is 2.28. The van der Waals surface area contributed by atoms with E-state index >= 15 is 0 Å². The van der Waals surface area contributed by atoms with Gasteiger partial charge in [-0.3, -0.25) is 4.99 Å². The first-order valence-corrected chi connectivity index (χ1v) is 7.98. The van der Waals surface area contributed by atoms with E-state index < -0.39 is 0 Å². The molecule has 1 aromatic heterocycles. The van der Waals surface area contributed by atoms with Gasteiger partial charge < -0.3 is 5.32 Å². The van der Waals surface area contributed by atoms with Crippen LogP contribution in [0.1, 0.15) is 31.7 Å². The van der Waals surface area contributed by atoms with Crippen molar-refractivity contribution in [2.24, 2.45) is 4.99 Å². The Hall–Kier alpha value is -0.550. The van der Waals surface area contributed by atoms with E-state index in [1.807, 2.05) is 23.3 Å². The lowest BCUT2D eigenvalue weighted by Gasteiger charge is -2.25. The van der Waals surface area contributed by atoms with E-state index in [1.165, 1.54) is 17.8 Å². The van der Waals surface area contributed by atoms with Crippen LogP contribution >= 0.6 is 23.1 Å². The summed E-state index contributed by atoms with van der Waals surface area (Å²) in [5, 5.41) is 7.89. The number of hydrogen-bond acceptors (Lipinski definition) is 4. The molecule has 0 aliphatic carbocycles. The molecule has 17 heavy (non-hydrogen) atoms. The lowest BCUT2D eigenvalue weighted by atomic mass is 9.96. The Morgan fingerprint density at radius 3 is 2.88 bits per heavy atom. The molecule has 0 unspecified atom stereocenters. The first-order chi connectivity index (χ1) is 8.28. The molecular weight excluding hydrogens is 250 g/mol. The van der Waals surface area contributed by atoms with Gasteiger partial charge in [-0.2, -0.15) is 0 Å². The summed E-state index contributed by atoms with van der Waals surface area (Å²) in [6.45, 7) is 5.33. The zero-order valence-electron chi connectivity index (χ0n) is 10.4. The minimum absolute atomic E-state index is 0.282. The van der Waals surface area contributed by atoms with Gasteiger partial charge in [0, 0.05) is 35.8 Å². The average molecular weight is 269 g/mol. The molecule has 1 fully saturated rings. The molecule has 0 amide bonds. The van der Waals surface area contributed by atoms with Crippen LogP contribution in [0.2, 0.25) is 0 Å². The first kappa shape index (κ1) is 12.9. The topological polar surface area (TPSA) is 37.3 Å². The van der Waals surface area contributed by atoms with Gasteiger partial charge >= 0.3 is 0 Å². The van der Waals surface area contributed by atoms with E-state index in [9.17, 15) is 0 Å². The SMILES string of the molecule is CCC1(CC)CSC(=NCCc2nccs2)N1. The molecule has 5 heteroatoms. The Balaban J connectivity index is 1.84. The van der Waals surface area contributed by atoms with Crippen LogP contribution in [0.5, 0.6) is 0 Å². The predicted octanol–water partition coefficient (Wildman–Crippen LogP) is 2.94. The molecular formula is C12H19N3S2. The van der Waals surface area contributed by atoms with Gasteiger partial charge in [0.15, 0.2) is 5.17 Å². The smallest absolute Gasteiger partial charge is 0.157 e. The van der Waals surface area contributed by atoms with Gasteiger partial charge in [-0.25, -0.2) is 4.98 Å². The molecule has 1 saturated heterocycles. The predicted molar refractivity (Wildman–Crippen MR) is 77.0 cm³/mol. The number of rotatable bonds is 5. The Kier molecular flexibility index (Phi) is 4.45. The van der Waals surface area contributed by atoms with E-state index in [2.05, 4.69) is 29.1 Å². The maximum atomic E-state index is 4.62. The van der Waals surface area contributed by atoms with Crippen molar-refractivity contribution >= 4 is 28.3 Å². The van der Waals surface area contributed by atoms with Gasteiger partial charge in [0.2, 0.25) is 0 Å². The number of nitrogens with zero attached hydrogens (tertiary/aromatic N) is 2. The maximum Gasteiger partial charge on any atom is 0.157 e. The largest absolute Gasteiger partial charge is 0.359 e. The number of aromatic nitrogens is 1. The monoisotopic (exact) mass is 269 g/mol. The molecule has 1 N–H and O–H groups in total. The summed E-state index contributed by atoms with van der Waals surface area (Å²) in [7, 11) is 0. The molecule has 0 atom stereocenters. The third kappa shape index (κ3) is 3.22. The zero-order chi connectivity index (χ0) is 12.1. The van der Waals surface area contributed by atoms with Gasteiger partial charge in [-0.05, 0) is 12.8 Å². The normalized spacial score (nSPS) is 20.7. The summed E-state index contributed by atoms with van der Waals surface area (Å²) in [5.41, 5.74) is 0.282. The molecule has 94 valence electrons. The Morgan fingerprint density at radius 1 is 1.47 bits per heavy atom. The summed E-state index contributed by atoms with van der Waals surface area (Å²) in [5.74, 6) is 1.15. The van der Waals surface area contributed by atoms with E-state index in [-0.39, 0.29) is 5.54 Å². The first-order valence-electron chi connectivity index (χ1n) is 6.12. The number of amidine groups is 1. The van der Waals surface area contributed by atoms with Crippen molar-refractivity contribution < 1.29 is 0 Å². The van der Waals surface area contributed by atoms with E-state index in [0.29, 0.717) is 0 Å². The van der Waals surface area contributed by atoms with Crippen molar-refractivity contribution in [2.75, 3.05) is 12.3 Å². The van der Waals surface area contributed by atoms with Crippen molar-refractivity contribution in [3.05, 3.63) is 16.6 Å². The highest BCUT2D eigenvalue weighted by atomic mass is 32.2. The van der Waals surface area contributed by atoms with Crippen LogP contribution < -0.4 is 5.32 Å². The van der Waals surface area contributed by atoms with Crippen molar-refractivity contribution in [3.8, 4) is 0 Å². The second-order valence-electron chi connectivity index (χ2n) is 4.26. The molecule has 0 radical (unpaired) electrons. The number of hydrogen-bond donors (Lipinski definition) is 1. The second kappa shape index (κ2) is 5.87. The zero-order valence-corrected chi connectivity index (χ0v) is 12.0. The molecule has 1 aliphatic heterocycles. The average Bonchev–Trinajstić information content (AvgIpc) is 2.99. The quantitative estimate of drug-likeness (QED) is 0.893. The maximum absolute atomic E-state index is 4.62. The molecule has 0 saturated carbocycles. The van der Waals surface area contributed by atoms with Crippen LogP contribution in [-0.4, -0.2) is 28.0 Å². The fraction of sp³-hybridized carbons (Fsp3) is 0.667. The van der Waals surface area contributed by atoms with Gasteiger partial charge in [0.25, 0.3) is 0 Å². The third-order valence-corrected chi connectivity index (χ3v) is 5.32. The van der Waals surface area contributed by atoms with Gasteiger partial charge in [0.1, 0.15) is 0 Å². The van der Waals surface area contributed by atoms with Crippen LogP contribution in [0.3, 0.4) is 0 Å². The van der Waals surface area contributed by atoms with E-state index in [1.54, 1.807) is 11.3 Å². The molecule has 2 heterocycles. The molecule has 0 spiro atoms. The minimum Gasteiger partial charge on any atom is -0.359 e. The van der Waals surface area contributed by atoms with Gasteiger partial charge in [-0.15, -0.1) is 11.3 Å². The summed E-state index contributed by atoms with van der Waals surface area (Å²) in [6.07, 6.45) is 5.15. The lowest BCUT2D eigenvalue weighted by Crippen LogP contribution is -2.42. The molecule has 1 aromatic rings. The third-order valence-electron chi connectivity index (χ3n) is 3.28. The van der Waals surface area contributed by atoms with Crippen molar-refractivity contribution in [1.29, 1.82) is 0 Å². The van der Waals surface area contributed by atoms with Crippen LogP contribution in [0.15, 0.2) is 16.6 Å². The van der Waals surface area contributed by atoms with E-state index in [4.69, 9.17) is 0 Å². The molecule has 0 aromatic carbocycles. The Bertz CT molecular complexity index is 369. The number of aliphatic imine (C=N–C) groups is 1. The standard InChI is InChI=1S/C12H19N3S2/c1-3-12(4-2)9-17-11(15-12)14-6-5-10-13-7-8-16-10/h7-8H,3-6,9H2,1-2H3,(H,14,15). The number of thiazole rings is 1. The van der Waals surface area contributed by atoms with Crippen molar-refractivity contribution in [1.82, 2.24) is 10.3 Å².